The summed E-state index contributed by atoms with van der Waals surface area (Å²) >= 11 is 9.74. The first-order valence-electron chi connectivity index (χ1n) is 6.22. The SMILES string of the molecule is CCOC1C(Br)CC1Oc1cc(C)c(Cl)c(C)c1. The van der Waals surface area contributed by atoms with Crippen molar-refractivity contribution < 1.29 is 9.47 Å². The first kappa shape index (κ1) is 14.2. The molecule has 3 unspecified atom stereocenters. The molecule has 0 radical (unpaired) electrons. The van der Waals surface area contributed by atoms with Crippen LogP contribution in [-0.2, 0) is 4.74 Å². The van der Waals surface area contributed by atoms with Crippen molar-refractivity contribution in [3.8, 4) is 5.75 Å². The molecule has 1 aliphatic carbocycles. The fourth-order valence-electron chi connectivity index (χ4n) is 2.20. The Kier molecular flexibility index (Phi) is 4.57. The van der Waals surface area contributed by atoms with Gasteiger partial charge in [-0.25, -0.2) is 0 Å². The lowest BCUT2D eigenvalue weighted by molar-refractivity contribution is -0.0723. The maximum Gasteiger partial charge on any atom is 0.127 e. The summed E-state index contributed by atoms with van der Waals surface area (Å²) in [7, 11) is 0. The van der Waals surface area contributed by atoms with Gasteiger partial charge in [-0.15, -0.1) is 0 Å². The van der Waals surface area contributed by atoms with Gasteiger partial charge in [-0.05, 0) is 44.0 Å². The van der Waals surface area contributed by atoms with E-state index in [2.05, 4.69) is 15.9 Å². The van der Waals surface area contributed by atoms with Crippen LogP contribution >= 0.6 is 27.5 Å². The third kappa shape index (κ3) is 2.84. The molecule has 4 heteroatoms. The van der Waals surface area contributed by atoms with Crippen LogP contribution in [0.25, 0.3) is 0 Å². The lowest BCUT2D eigenvalue weighted by Gasteiger charge is -2.40. The predicted molar refractivity (Wildman–Crippen MR) is 78.1 cm³/mol. The van der Waals surface area contributed by atoms with Crippen molar-refractivity contribution in [3.63, 3.8) is 0 Å². The largest absolute Gasteiger partial charge is 0.488 e. The van der Waals surface area contributed by atoms with Gasteiger partial charge in [0.05, 0.1) is 0 Å². The molecule has 1 aromatic carbocycles. The maximum absolute atomic E-state index is 6.15. The Morgan fingerprint density at radius 1 is 1.33 bits per heavy atom. The Hall–Kier alpha value is -0.250. The number of rotatable bonds is 4. The Bertz CT molecular complexity index is 413. The van der Waals surface area contributed by atoms with Gasteiger partial charge in [0.2, 0.25) is 0 Å². The number of aryl methyl sites for hydroxylation is 2. The van der Waals surface area contributed by atoms with E-state index < -0.39 is 0 Å². The second-order valence-electron chi connectivity index (χ2n) is 4.70. The van der Waals surface area contributed by atoms with E-state index in [-0.39, 0.29) is 12.2 Å². The van der Waals surface area contributed by atoms with Crippen LogP contribution in [0.3, 0.4) is 0 Å². The van der Waals surface area contributed by atoms with E-state index in [1.54, 1.807) is 0 Å². The lowest BCUT2D eigenvalue weighted by atomic mass is 9.91. The highest BCUT2D eigenvalue weighted by molar-refractivity contribution is 9.09. The van der Waals surface area contributed by atoms with Gasteiger partial charge in [-0.1, -0.05) is 27.5 Å². The minimum absolute atomic E-state index is 0.134. The number of benzene rings is 1. The number of halogens is 2. The molecule has 1 aromatic rings. The smallest absolute Gasteiger partial charge is 0.127 e. The van der Waals surface area contributed by atoms with Gasteiger partial charge in [0.1, 0.15) is 18.0 Å². The molecule has 0 saturated heterocycles. The molecule has 0 amide bonds. The van der Waals surface area contributed by atoms with Gasteiger partial charge in [-0.3, -0.25) is 0 Å². The summed E-state index contributed by atoms with van der Waals surface area (Å²) in [6.07, 6.45) is 1.26. The highest BCUT2D eigenvalue weighted by atomic mass is 79.9. The van der Waals surface area contributed by atoms with Crippen molar-refractivity contribution >= 4 is 27.5 Å². The average molecular weight is 334 g/mol. The van der Waals surface area contributed by atoms with Crippen LogP contribution in [0.1, 0.15) is 24.5 Å². The zero-order valence-electron chi connectivity index (χ0n) is 10.9. The normalized spacial score (nSPS) is 26.8. The Balaban J connectivity index is 2.06. The molecule has 1 aliphatic rings. The Morgan fingerprint density at radius 3 is 2.44 bits per heavy atom. The third-order valence-electron chi connectivity index (χ3n) is 3.24. The number of alkyl halides is 1. The first-order valence-corrected chi connectivity index (χ1v) is 7.51. The molecule has 0 aliphatic heterocycles. The molecule has 100 valence electrons. The van der Waals surface area contributed by atoms with Gasteiger partial charge in [0, 0.05) is 22.9 Å². The molecule has 0 spiro atoms. The fourth-order valence-corrected chi connectivity index (χ4v) is 3.17. The van der Waals surface area contributed by atoms with Crippen molar-refractivity contribution in [2.24, 2.45) is 0 Å². The standard InChI is InChI=1S/C14H18BrClO2/c1-4-17-14-11(15)7-12(14)18-10-5-8(2)13(16)9(3)6-10/h5-6,11-12,14H,4,7H2,1-3H3. The quantitative estimate of drug-likeness (QED) is 0.766. The van der Waals surface area contributed by atoms with E-state index >= 15 is 0 Å². The topological polar surface area (TPSA) is 18.5 Å². The molecular weight excluding hydrogens is 316 g/mol. The molecule has 0 bridgehead atoms. The van der Waals surface area contributed by atoms with Crippen molar-refractivity contribution in [3.05, 3.63) is 28.3 Å². The molecule has 3 atom stereocenters. The highest BCUT2D eigenvalue weighted by Crippen LogP contribution is 2.35. The maximum atomic E-state index is 6.15. The second kappa shape index (κ2) is 5.81. The molecule has 2 nitrogen and oxygen atoms in total. The summed E-state index contributed by atoms with van der Waals surface area (Å²) in [5, 5.41) is 0.815. The van der Waals surface area contributed by atoms with Crippen LogP contribution in [0.2, 0.25) is 5.02 Å². The zero-order valence-corrected chi connectivity index (χ0v) is 13.2. The Labute approximate surface area is 122 Å². The number of hydrogen-bond acceptors (Lipinski definition) is 2. The third-order valence-corrected chi connectivity index (χ3v) is 4.73. The van der Waals surface area contributed by atoms with Crippen molar-refractivity contribution in [2.75, 3.05) is 6.61 Å². The first-order chi connectivity index (χ1) is 8.52. The van der Waals surface area contributed by atoms with Crippen molar-refractivity contribution in [1.29, 1.82) is 0 Å². The van der Waals surface area contributed by atoms with Crippen molar-refractivity contribution in [1.82, 2.24) is 0 Å². The van der Waals surface area contributed by atoms with Crippen LogP contribution < -0.4 is 4.74 Å². The summed E-state index contributed by atoms with van der Waals surface area (Å²) in [5.41, 5.74) is 2.10. The van der Waals surface area contributed by atoms with Crippen LogP contribution in [0.15, 0.2) is 12.1 Å². The summed E-state index contributed by atoms with van der Waals surface area (Å²) in [6, 6.07) is 3.97. The zero-order chi connectivity index (χ0) is 13.3. The van der Waals surface area contributed by atoms with Crippen LogP contribution in [0.5, 0.6) is 5.75 Å². The Morgan fingerprint density at radius 2 is 1.94 bits per heavy atom. The summed E-state index contributed by atoms with van der Waals surface area (Å²) in [4.78, 5) is 0.400. The van der Waals surface area contributed by atoms with Gasteiger partial charge in [0.25, 0.3) is 0 Å². The number of ether oxygens (including phenoxy) is 2. The van der Waals surface area contributed by atoms with E-state index in [4.69, 9.17) is 21.1 Å². The van der Waals surface area contributed by atoms with Gasteiger partial charge in [-0.2, -0.15) is 0 Å². The van der Waals surface area contributed by atoms with E-state index in [0.29, 0.717) is 11.4 Å². The highest BCUT2D eigenvalue weighted by Gasteiger charge is 2.42. The molecule has 0 N–H and O–H groups in total. The average Bonchev–Trinajstić information content (AvgIpc) is 2.32. The predicted octanol–water partition coefficient (Wildman–Crippen LogP) is 4.28. The lowest BCUT2D eigenvalue weighted by Crippen LogP contribution is -2.52. The van der Waals surface area contributed by atoms with Gasteiger partial charge in [0.15, 0.2) is 0 Å². The summed E-state index contributed by atoms with van der Waals surface area (Å²) in [6.45, 7) is 6.71. The molecule has 0 aromatic heterocycles. The molecule has 1 fully saturated rings. The van der Waals surface area contributed by atoms with E-state index in [0.717, 1.165) is 28.3 Å². The van der Waals surface area contributed by atoms with Crippen LogP contribution in [-0.4, -0.2) is 23.6 Å². The molecular formula is C14H18BrClO2. The van der Waals surface area contributed by atoms with E-state index in [1.165, 1.54) is 0 Å². The molecule has 0 heterocycles. The number of hydrogen-bond donors (Lipinski definition) is 0. The molecule has 18 heavy (non-hydrogen) atoms. The summed E-state index contributed by atoms with van der Waals surface area (Å²) in [5.74, 6) is 0.878. The van der Waals surface area contributed by atoms with Gasteiger partial charge >= 0.3 is 0 Å². The second-order valence-corrected chi connectivity index (χ2v) is 6.25. The summed E-state index contributed by atoms with van der Waals surface area (Å²) < 4.78 is 11.7. The minimum atomic E-state index is 0.134. The molecule has 1 saturated carbocycles. The van der Waals surface area contributed by atoms with E-state index in [9.17, 15) is 0 Å². The minimum Gasteiger partial charge on any atom is -0.488 e. The fraction of sp³-hybridized carbons (Fsp3) is 0.571. The van der Waals surface area contributed by atoms with Crippen LogP contribution in [0, 0.1) is 13.8 Å². The molecule has 2 rings (SSSR count). The van der Waals surface area contributed by atoms with Crippen molar-refractivity contribution in [2.45, 2.75) is 44.2 Å². The monoisotopic (exact) mass is 332 g/mol. The van der Waals surface area contributed by atoms with Crippen LogP contribution in [0.4, 0.5) is 0 Å². The van der Waals surface area contributed by atoms with Gasteiger partial charge < -0.3 is 9.47 Å². The van der Waals surface area contributed by atoms with E-state index in [1.807, 2.05) is 32.9 Å².